The van der Waals surface area contributed by atoms with Crippen molar-refractivity contribution in [3.63, 3.8) is 0 Å². The largest absolute Gasteiger partial charge is 0.381 e. The second-order valence-electron chi connectivity index (χ2n) is 9.06. The van der Waals surface area contributed by atoms with E-state index in [0.29, 0.717) is 17.2 Å². The van der Waals surface area contributed by atoms with E-state index in [1.807, 2.05) is 11.6 Å². The topological polar surface area (TPSA) is 88.4 Å². The van der Waals surface area contributed by atoms with Crippen molar-refractivity contribution in [2.24, 2.45) is 7.05 Å². The van der Waals surface area contributed by atoms with Crippen molar-refractivity contribution in [1.29, 1.82) is 0 Å². The Bertz CT molecular complexity index is 1250. The fourth-order valence-electron chi connectivity index (χ4n) is 5.01. The predicted octanol–water partition coefficient (Wildman–Crippen LogP) is 2.08. The summed E-state index contributed by atoms with van der Waals surface area (Å²) in [6.45, 7) is 4.48. The first kappa shape index (κ1) is 21.7. The van der Waals surface area contributed by atoms with Crippen LogP contribution in [0.1, 0.15) is 18.5 Å². The molecular formula is C23H28FN7O2S. The summed E-state index contributed by atoms with van der Waals surface area (Å²) in [5, 5.41) is 3.55. The zero-order chi connectivity index (χ0) is 23.2. The number of hydrogen-bond donors (Lipinski definition) is 1. The number of nitrogens with one attached hydrogen (secondary N) is 1. The molecule has 2 saturated heterocycles. The quantitative estimate of drug-likeness (QED) is 0.601. The van der Waals surface area contributed by atoms with Crippen molar-refractivity contribution < 1.29 is 13.3 Å². The Morgan fingerprint density at radius 1 is 1.09 bits per heavy atom. The van der Waals surface area contributed by atoms with Gasteiger partial charge in [0, 0.05) is 70.7 Å². The molecule has 3 aliphatic heterocycles. The van der Waals surface area contributed by atoms with Crippen LogP contribution in [0, 0.1) is 5.82 Å². The first-order valence-corrected chi connectivity index (χ1v) is 13.1. The van der Waals surface area contributed by atoms with E-state index in [4.69, 9.17) is 14.7 Å². The van der Waals surface area contributed by atoms with Gasteiger partial charge < -0.3 is 24.4 Å². The van der Waals surface area contributed by atoms with Crippen LogP contribution in [0.2, 0.25) is 0 Å². The molecule has 0 saturated carbocycles. The van der Waals surface area contributed by atoms with Gasteiger partial charge in [0.1, 0.15) is 16.5 Å². The molecule has 9 nitrogen and oxygen atoms in total. The monoisotopic (exact) mass is 485 g/mol. The van der Waals surface area contributed by atoms with Crippen LogP contribution in [0.5, 0.6) is 0 Å². The number of ether oxygens (including phenoxy) is 1. The maximum Gasteiger partial charge on any atom is 0.227 e. The third-order valence-corrected chi connectivity index (χ3v) is 8.36. The van der Waals surface area contributed by atoms with Crippen LogP contribution >= 0.6 is 0 Å². The van der Waals surface area contributed by atoms with E-state index in [1.54, 1.807) is 6.07 Å². The van der Waals surface area contributed by atoms with Crippen molar-refractivity contribution in [2.45, 2.75) is 30.2 Å². The third-order valence-electron chi connectivity index (χ3n) is 6.90. The summed E-state index contributed by atoms with van der Waals surface area (Å²) in [4.78, 5) is 19.5. The fourth-order valence-corrected chi connectivity index (χ4v) is 6.32. The van der Waals surface area contributed by atoms with Crippen molar-refractivity contribution in [2.75, 3.05) is 60.3 Å². The SMILES string of the molecule is Cn1c(N2CCN(c3nc4c(c(NC5CCOCC5)n3)S(=O)CC4)CC2)nc2cc(F)ccc21. The minimum Gasteiger partial charge on any atom is -0.381 e. The maximum atomic E-state index is 13.6. The lowest BCUT2D eigenvalue weighted by Gasteiger charge is -2.35. The lowest BCUT2D eigenvalue weighted by Crippen LogP contribution is -2.48. The fraction of sp³-hybridized carbons (Fsp3) is 0.522. The van der Waals surface area contributed by atoms with Gasteiger partial charge >= 0.3 is 0 Å². The number of fused-ring (bicyclic) bond motifs is 2. The van der Waals surface area contributed by atoms with Crippen LogP contribution in [0.15, 0.2) is 23.1 Å². The molecule has 0 spiro atoms. The van der Waals surface area contributed by atoms with Crippen molar-refractivity contribution >= 4 is 39.5 Å². The van der Waals surface area contributed by atoms with Gasteiger partial charge in [-0.05, 0) is 25.0 Å². The summed E-state index contributed by atoms with van der Waals surface area (Å²) in [5.74, 6) is 2.59. The van der Waals surface area contributed by atoms with Gasteiger partial charge in [0.15, 0.2) is 0 Å². The minimum atomic E-state index is -1.05. The van der Waals surface area contributed by atoms with Gasteiger partial charge in [-0.2, -0.15) is 4.98 Å². The van der Waals surface area contributed by atoms with E-state index in [1.165, 1.54) is 12.1 Å². The molecule has 1 aromatic carbocycles. The number of halogens is 1. The highest BCUT2D eigenvalue weighted by molar-refractivity contribution is 7.85. The van der Waals surface area contributed by atoms with Gasteiger partial charge in [-0.15, -0.1) is 0 Å². The predicted molar refractivity (Wildman–Crippen MR) is 130 cm³/mol. The van der Waals surface area contributed by atoms with E-state index in [0.717, 1.165) is 86.5 Å². The number of rotatable bonds is 4. The first-order chi connectivity index (χ1) is 16.6. The zero-order valence-electron chi connectivity index (χ0n) is 19.2. The number of aromatic nitrogens is 4. The molecule has 0 bridgehead atoms. The summed E-state index contributed by atoms with van der Waals surface area (Å²) in [6.07, 6.45) is 2.55. The maximum absolute atomic E-state index is 13.6. The molecule has 1 atom stereocenters. The van der Waals surface area contributed by atoms with Gasteiger partial charge in [-0.1, -0.05) is 0 Å². The van der Waals surface area contributed by atoms with Crippen molar-refractivity contribution in [1.82, 2.24) is 19.5 Å². The van der Waals surface area contributed by atoms with Crippen LogP contribution in [-0.4, -0.2) is 74.9 Å². The molecule has 1 N–H and O–H groups in total. The van der Waals surface area contributed by atoms with E-state index in [2.05, 4.69) is 20.1 Å². The molecule has 3 aromatic rings. The van der Waals surface area contributed by atoms with Crippen LogP contribution in [0.4, 0.5) is 22.1 Å². The molecule has 6 rings (SSSR count). The molecule has 180 valence electrons. The lowest BCUT2D eigenvalue weighted by atomic mass is 10.1. The molecule has 34 heavy (non-hydrogen) atoms. The number of anilines is 3. The average molecular weight is 486 g/mol. The van der Waals surface area contributed by atoms with Crippen molar-refractivity contribution in [3.8, 4) is 0 Å². The number of piperazine rings is 1. The normalized spacial score (nSPS) is 21.3. The van der Waals surface area contributed by atoms with Gasteiger partial charge in [0.05, 0.1) is 27.5 Å². The summed E-state index contributed by atoms with van der Waals surface area (Å²) in [6, 6.07) is 4.99. The molecule has 0 aliphatic carbocycles. The Morgan fingerprint density at radius 2 is 1.85 bits per heavy atom. The number of benzene rings is 1. The van der Waals surface area contributed by atoms with Gasteiger partial charge in [-0.3, -0.25) is 4.21 Å². The second kappa shape index (κ2) is 8.77. The Labute approximate surface area is 199 Å². The highest BCUT2D eigenvalue weighted by atomic mass is 32.2. The summed E-state index contributed by atoms with van der Waals surface area (Å²) >= 11 is 0. The smallest absolute Gasteiger partial charge is 0.227 e. The summed E-state index contributed by atoms with van der Waals surface area (Å²) < 4.78 is 33.8. The average Bonchev–Trinajstić information content (AvgIpc) is 3.39. The number of imidazole rings is 1. The van der Waals surface area contributed by atoms with Crippen LogP contribution in [-0.2, 0) is 29.0 Å². The molecule has 2 fully saturated rings. The third kappa shape index (κ3) is 3.90. The Hall–Kier alpha value is -2.79. The second-order valence-corrected chi connectivity index (χ2v) is 10.6. The van der Waals surface area contributed by atoms with E-state index in [9.17, 15) is 8.60 Å². The Morgan fingerprint density at radius 3 is 2.65 bits per heavy atom. The Balaban J connectivity index is 1.22. The molecule has 0 radical (unpaired) electrons. The lowest BCUT2D eigenvalue weighted by molar-refractivity contribution is 0.0903. The summed E-state index contributed by atoms with van der Waals surface area (Å²) in [5.41, 5.74) is 2.48. The molecule has 1 unspecified atom stereocenters. The van der Waals surface area contributed by atoms with E-state index in [-0.39, 0.29) is 11.9 Å². The van der Waals surface area contributed by atoms with Crippen molar-refractivity contribution in [3.05, 3.63) is 29.7 Å². The van der Waals surface area contributed by atoms with Crippen LogP contribution < -0.4 is 15.1 Å². The van der Waals surface area contributed by atoms with Crippen LogP contribution in [0.3, 0.4) is 0 Å². The first-order valence-electron chi connectivity index (χ1n) is 11.8. The molecular weight excluding hydrogens is 457 g/mol. The Kier molecular flexibility index (Phi) is 5.60. The highest BCUT2D eigenvalue weighted by Crippen LogP contribution is 2.32. The van der Waals surface area contributed by atoms with E-state index < -0.39 is 10.8 Å². The minimum absolute atomic E-state index is 0.275. The van der Waals surface area contributed by atoms with Gasteiger partial charge in [0.25, 0.3) is 0 Å². The molecule has 11 heteroatoms. The van der Waals surface area contributed by atoms with Gasteiger partial charge in [-0.25, -0.2) is 14.4 Å². The summed E-state index contributed by atoms with van der Waals surface area (Å²) in [7, 11) is 0.912. The number of nitrogens with zero attached hydrogens (tertiary/aromatic N) is 6. The van der Waals surface area contributed by atoms with Gasteiger partial charge in [0.2, 0.25) is 11.9 Å². The van der Waals surface area contributed by atoms with Crippen LogP contribution in [0.25, 0.3) is 11.0 Å². The molecule has 3 aliphatic rings. The highest BCUT2D eigenvalue weighted by Gasteiger charge is 2.30. The number of hydrogen-bond acceptors (Lipinski definition) is 8. The zero-order valence-corrected chi connectivity index (χ0v) is 20.0. The van der Waals surface area contributed by atoms with E-state index >= 15 is 0 Å². The molecule has 5 heterocycles. The molecule has 0 amide bonds. The number of aryl methyl sites for hydroxylation is 2. The molecule has 2 aromatic heterocycles. The standard InChI is InChI=1S/C23H28FN7O2S/c1-29-19-3-2-15(24)14-18(19)27-23(29)31-9-7-30(8-10-31)22-26-17-6-13-34(32)20(17)21(28-22)25-16-4-11-33-12-5-16/h2-3,14,16H,4-13H2,1H3,(H,25,26,28).